The normalized spacial score (nSPS) is 12.3. The topological polar surface area (TPSA) is 64.0 Å². The van der Waals surface area contributed by atoms with Gasteiger partial charge in [0.1, 0.15) is 0 Å². The molecule has 9 heteroatoms. The molecule has 0 saturated carbocycles. The number of hydrogen-bond acceptors (Lipinski definition) is 3. The highest BCUT2D eigenvalue weighted by molar-refractivity contribution is 7.88. The summed E-state index contributed by atoms with van der Waals surface area (Å²) >= 11 is 0. The standard InChI is InChI=1S/C18H16F3N3O2S/c19-18(20,21)16-7-3-1-6-15(16)12-27(25,26)23-11-14-5-2-4-8-17(14)24-10-9-22-13-24/h1-10,13,23H,11-12H2. The van der Waals surface area contributed by atoms with Crippen LogP contribution in [-0.2, 0) is 28.5 Å². The summed E-state index contributed by atoms with van der Waals surface area (Å²) in [5.41, 5.74) is 0.158. The highest BCUT2D eigenvalue weighted by atomic mass is 32.2. The molecular formula is C18H16F3N3O2S. The van der Waals surface area contributed by atoms with Crippen LogP contribution in [0.15, 0.2) is 67.3 Å². The van der Waals surface area contributed by atoms with Crippen LogP contribution in [0.25, 0.3) is 5.69 Å². The van der Waals surface area contributed by atoms with Gasteiger partial charge in [-0.3, -0.25) is 0 Å². The van der Waals surface area contributed by atoms with Gasteiger partial charge < -0.3 is 4.57 Å². The molecule has 0 aliphatic carbocycles. The minimum Gasteiger partial charge on any atom is -0.306 e. The quantitative estimate of drug-likeness (QED) is 0.695. The Morgan fingerprint density at radius 1 is 1.00 bits per heavy atom. The van der Waals surface area contributed by atoms with E-state index in [0.29, 0.717) is 5.56 Å². The van der Waals surface area contributed by atoms with Crippen molar-refractivity contribution in [3.05, 3.63) is 83.9 Å². The predicted molar refractivity (Wildman–Crippen MR) is 94.5 cm³/mol. The van der Waals surface area contributed by atoms with Gasteiger partial charge in [-0.2, -0.15) is 13.2 Å². The van der Waals surface area contributed by atoms with E-state index in [4.69, 9.17) is 0 Å². The van der Waals surface area contributed by atoms with Crippen LogP contribution >= 0.6 is 0 Å². The molecule has 5 nitrogen and oxygen atoms in total. The molecule has 0 fully saturated rings. The Balaban J connectivity index is 1.78. The molecule has 0 amide bonds. The summed E-state index contributed by atoms with van der Waals surface area (Å²) < 4.78 is 68.0. The van der Waals surface area contributed by atoms with Crippen LogP contribution in [0.5, 0.6) is 0 Å². The van der Waals surface area contributed by atoms with Crippen molar-refractivity contribution >= 4 is 10.0 Å². The molecular weight excluding hydrogens is 379 g/mol. The molecule has 0 radical (unpaired) electrons. The first-order chi connectivity index (χ1) is 12.8. The Hall–Kier alpha value is -2.65. The maximum Gasteiger partial charge on any atom is 0.416 e. The van der Waals surface area contributed by atoms with Crippen molar-refractivity contribution in [2.45, 2.75) is 18.5 Å². The average molecular weight is 395 g/mol. The van der Waals surface area contributed by atoms with Gasteiger partial charge in [-0.05, 0) is 23.3 Å². The lowest BCUT2D eigenvalue weighted by atomic mass is 10.1. The maximum atomic E-state index is 13.1. The Kier molecular flexibility index (Phi) is 5.33. The van der Waals surface area contributed by atoms with Crippen molar-refractivity contribution in [2.75, 3.05) is 0 Å². The van der Waals surface area contributed by atoms with Crippen molar-refractivity contribution in [1.82, 2.24) is 14.3 Å². The smallest absolute Gasteiger partial charge is 0.306 e. The van der Waals surface area contributed by atoms with Crippen LogP contribution in [-0.4, -0.2) is 18.0 Å². The molecule has 0 aliphatic heterocycles. The molecule has 3 rings (SSSR count). The zero-order valence-electron chi connectivity index (χ0n) is 14.0. The van der Waals surface area contributed by atoms with E-state index in [2.05, 4.69) is 9.71 Å². The van der Waals surface area contributed by atoms with Crippen molar-refractivity contribution in [2.24, 2.45) is 0 Å². The van der Waals surface area contributed by atoms with Crippen LogP contribution in [0.4, 0.5) is 13.2 Å². The third-order valence-electron chi connectivity index (χ3n) is 3.93. The van der Waals surface area contributed by atoms with E-state index in [0.717, 1.165) is 11.8 Å². The van der Waals surface area contributed by atoms with Crippen LogP contribution < -0.4 is 4.72 Å². The van der Waals surface area contributed by atoms with Gasteiger partial charge in [-0.1, -0.05) is 36.4 Å². The van der Waals surface area contributed by atoms with Gasteiger partial charge in [-0.25, -0.2) is 18.1 Å². The summed E-state index contributed by atoms with van der Waals surface area (Å²) in [6.45, 7) is -0.0507. The van der Waals surface area contributed by atoms with E-state index in [-0.39, 0.29) is 12.1 Å². The molecule has 2 aromatic carbocycles. The van der Waals surface area contributed by atoms with Gasteiger partial charge in [0.15, 0.2) is 0 Å². The summed E-state index contributed by atoms with van der Waals surface area (Å²) in [5, 5.41) is 0. The number of para-hydroxylation sites is 1. The van der Waals surface area contributed by atoms with Gasteiger partial charge >= 0.3 is 6.18 Å². The van der Waals surface area contributed by atoms with E-state index in [1.165, 1.54) is 18.2 Å². The second kappa shape index (κ2) is 7.53. The summed E-state index contributed by atoms with van der Waals surface area (Å²) in [6.07, 6.45) is 0.273. The maximum absolute atomic E-state index is 13.1. The highest BCUT2D eigenvalue weighted by Crippen LogP contribution is 2.32. The molecule has 1 N–H and O–H groups in total. The lowest BCUT2D eigenvalue weighted by Crippen LogP contribution is -2.26. The van der Waals surface area contributed by atoms with E-state index >= 15 is 0 Å². The Labute approximate surface area is 154 Å². The Morgan fingerprint density at radius 2 is 1.67 bits per heavy atom. The minimum absolute atomic E-state index is 0.0507. The number of hydrogen-bond donors (Lipinski definition) is 1. The number of benzene rings is 2. The Morgan fingerprint density at radius 3 is 2.33 bits per heavy atom. The molecule has 0 atom stereocenters. The lowest BCUT2D eigenvalue weighted by Gasteiger charge is -2.14. The first kappa shape index (κ1) is 19.1. The third-order valence-corrected chi connectivity index (χ3v) is 5.20. The first-order valence-corrected chi connectivity index (χ1v) is 9.60. The zero-order chi connectivity index (χ0) is 19.5. The molecule has 0 bridgehead atoms. The number of nitrogens with one attached hydrogen (secondary N) is 1. The highest BCUT2D eigenvalue weighted by Gasteiger charge is 2.34. The van der Waals surface area contributed by atoms with Gasteiger partial charge in [0.2, 0.25) is 10.0 Å². The molecule has 0 spiro atoms. The summed E-state index contributed by atoms with van der Waals surface area (Å²) in [7, 11) is -3.98. The van der Waals surface area contributed by atoms with Crippen molar-refractivity contribution < 1.29 is 21.6 Å². The molecule has 0 saturated heterocycles. The van der Waals surface area contributed by atoms with Gasteiger partial charge in [0.25, 0.3) is 0 Å². The molecule has 142 valence electrons. The van der Waals surface area contributed by atoms with Crippen molar-refractivity contribution in [3.8, 4) is 5.69 Å². The summed E-state index contributed by atoms with van der Waals surface area (Å²) in [4.78, 5) is 3.95. The number of nitrogens with zero attached hydrogens (tertiary/aromatic N) is 2. The number of sulfonamides is 1. The number of alkyl halides is 3. The SMILES string of the molecule is O=S(=O)(Cc1ccccc1C(F)(F)F)NCc1ccccc1-n1ccnc1. The fourth-order valence-electron chi connectivity index (χ4n) is 2.68. The second-order valence-electron chi connectivity index (χ2n) is 5.83. The summed E-state index contributed by atoms with van der Waals surface area (Å²) in [5.74, 6) is -0.754. The van der Waals surface area contributed by atoms with Gasteiger partial charge in [0, 0.05) is 18.9 Å². The minimum atomic E-state index is -4.61. The van der Waals surface area contributed by atoms with E-state index in [9.17, 15) is 21.6 Å². The van der Waals surface area contributed by atoms with Crippen LogP contribution in [0.3, 0.4) is 0 Å². The van der Waals surface area contributed by atoms with Gasteiger partial charge in [-0.15, -0.1) is 0 Å². The van der Waals surface area contributed by atoms with Crippen molar-refractivity contribution in [1.29, 1.82) is 0 Å². The average Bonchev–Trinajstić information content (AvgIpc) is 3.14. The molecule has 1 aromatic heterocycles. The molecule has 27 heavy (non-hydrogen) atoms. The van der Waals surface area contributed by atoms with E-state index < -0.39 is 27.5 Å². The zero-order valence-corrected chi connectivity index (χ0v) is 14.8. The van der Waals surface area contributed by atoms with Crippen LogP contribution in [0.2, 0.25) is 0 Å². The third kappa shape index (κ3) is 4.75. The second-order valence-corrected chi connectivity index (χ2v) is 7.64. The van der Waals surface area contributed by atoms with Crippen LogP contribution in [0, 0.1) is 0 Å². The summed E-state index contributed by atoms with van der Waals surface area (Å²) in [6, 6.07) is 11.7. The van der Waals surface area contributed by atoms with E-state index in [1.807, 2.05) is 0 Å². The molecule has 3 aromatic rings. The van der Waals surface area contributed by atoms with Crippen molar-refractivity contribution in [3.63, 3.8) is 0 Å². The molecule has 1 heterocycles. The number of halogens is 3. The predicted octanol–water partition coefficient (Wildman–Crippen LogP) is 3.51. The number of rotatable bonds is 6. The first-order valence-electron chi connectivity index (χ1n) is 7.95. The lowest BCUT2D eigenvalue weighted by molar-refractivity contribution is -0.138. The Bertz CT molecular complexity index is 1020. The molecule has 0 unspecified atom stereocenters. The number of imidazole rings is 1. The van der Waals surface area contributed by atoms with E-state index in [1.54, 1.807) is 47.6 Å². The fourth-order valence-corrected chi connectivity index (χ4v) is 3.82. The number of aromatic nitrogens is 2. The molecule has 0 aliphatic rings. The van der Waals surface area contributed by atoms with Gasteiger partial charge in [0.05, 0.1) is 23.3 Å². The largest absolute Gasteiger partial charge is 0.416 e. The monoisotopic (exact) mass is 395 g/mol. The van der Waals surface area contributed by atoms with Crippen LogP contribution in [0.1, 0.15) is 16.7 Å². The fraction of sp³-hybridized carbons (Fsp3) is 0.167.